The van der Waals surface area contributed by atoms with Crippen LogP contribution >= 0.6 is 0 Å². The fourth-order valence-corrected chi connectivity index (χ4v) is 1.34. The summed E-state index contributed by atoms with van der Waals surface area (Å²) >= 11 is 0. The predicted octanol–water partition coefficient (Wildman–Crippen LogP) is 0.826. The minimum atomic E-state index is -0.235. The number of carbonyl (C=O) groups is 1. The van der Waals surface area contributed by atoms with Crippen molar-refractivity contribution in [2.24, 2.45) is 0 Å². The summed E-state index contributed by atoms with van der Waals surface area (Å²) in [5, 5.41) is 20.1. The van der Waals surface area contributed by atoms with Gasteiger partial charge in [0, 0.05) is 13.2 Å². The molecule has 0 radical (unpaired) electrons. The molecule has 0 aromatic heterocycles. The maximum atomic E-state index is 11.4. The van der Waals surface area contributed by atoms with Gasteiger partial charge in [0.2, 0.25) is 0 Å². The number of amides is 1. The molecule has 1 amide bonds. The fraction of sp³-hybridized carbons (Fsp3) is 0.385. The van der Waals surface area contributed by atoms with Gasteiger partial charge in [-0.15, -0.1) is 0 Å². The van der Waals surface area contributed by atoms with Crippen molar-refractivity contribution in [3.8, 4) is 11.8 Å². The van der Waals surface area contributed by atoms with E-state index in [1.165, 1.54) is 0 Å². The Morgan fingerprint density at radius 1 is 1.39 bits per heavy atom. The van der Waals surface area contributed by atoms with Gasteiger partial charge in [-0.1, -0.05) is 12.1 Å². The zero-order chi connectivity index (χ0) is 13.2. The standard InChI is InChI=1S/C13H16N2O3/c14-9-11-5-1-2-6-12(11)18-10-13(17)15-7-3-4-8-16/h1-2,5-6,16H,3-4,7-8,10H2,(H,15,17). The quantitative estimate of drug-likeness (QED) is 0.700. The van der Waals surface area contributed by atoms with E-state index in [9.17, 15) is 4.79 Å². The average molecular weight is 248 g/mol. The third-order valence-corrected chi connectivity index (χ3v) is 2.27. The highest BCUT2D eigenvalue weighted by atomic mass is 16.5. The van der Waals surface area contributed by atoms with Gasteiger partial charge in [0.15, 0.2) is 6.61 Å². The zero-order valence-electron chi connectivity index (χ0n) is 10.1. The van der Waals surface area contributed by atoms with Crippen molar-refractivity contribution in [2.45, 2.75) is 12.8 Å². The maximum absolute atomic E-state index is 11.4. The first-order valence-electron chi connectivity index (χ1n) is 5.77. The predicted molar refractivity (Wildman–Crippen MR) is 66.0 cm³/mol. The summed E-state index contributed by atoms with van der Waals surface area (Å²) in [4.78, 5) is 11.4. The third-order valence-electron chi connectivity index (χ3n) is 2.27. The van der Waals surface area contributed by atoms with Crippen LogP contribution < -0.4 is 10.1 Å². The van der Waals surface area contributed by atoms with Gasteiger partial charge in [0.25, 0.3) is 5.91 Å². The van der Waals surface area contributed by atoms with E-state index in [0.717, 1.165) is 6.42 Å². The largest absolute Gasteiger partial charge is 0.482 e. The first-order chi connectivity index (χ1) is 8.77. The Labute approximate surface area is 106 Å². The van der Waals surface area contributed by atoms with Crippen LogP contribution in [0, 0.1) is 11.3 Å². The van der Waals surface area contributed by atoms with E-state index in [4.69, 9.17) is 15.1 Å². The van der Waals surface area contributed by atoms with E-state index in [1.807, 2.05) is 6.07 Å². The zero-order valence-corrected chi connectivity index (χ0v) is 10.1. The van der Waals surface area contributed by atoms with Crippen LogP contribution in [0.4, 0.5) is 0 Å². The molecular weight excluding hydrogens is 232 g/mol. The minimum Gasteiger partial charge on any atom is -0.482 e. The van der Waals surface area contributed by atoms with E-state index >= 15 is 0 Å². The van der Waals surface area contributed by atoms with Gasteiger partial charge in [-0.25, -0.2) is 0 Å². The molecule has 0 atom stereocenters. The molecule has 1 aromatic carbocycles. The molecule has 0 fully saturated rings. The second-order valence-corrected chi connectivity index (χ2v) is 3.68. The Balaban J connectivity index is 2.32. The van der Waals surface area contributed by atoms with Gasteiger partial charge in [0.1, 0.15) is 11.8 Å². The third kappa shape index (κ3) is 4.85. The van der Waals surface area contributed by atoms with Crippen LogP contribution in [-0.2, 0) is 4.79 Å². The van der Waals surface area contributed by atoms with Crippen molar-refractivity contribution in [3.63, 3.8) is 0 Å². The Bertz CT molecular complexity index is 426. The lowest BCUT2D eigenvalue weighted by Gasteiger charge is -2.08. The highest BCUT2D eigenvalue weighted by Gasteiger charge is 2.05. The van der Waals surface area contributed by atoms with Crippen LogP contribution in [0.15, 0.2) is 24.3 Å². The molecule has 5 nitrogen and oxygen atoms in total. The van der Waals surface area contributed by atoms with Crippen LogP contribution in [0.1, 0.15) is 18.4 Å². The first kappa shape index (κ1) is 14.0. The van der Waals surface area contributed by atoms with Crippen molar-refractivity contribution in [2.75, 3.05) is 19.8 Å². The smallest absolute Gasteiger partial charge is 0.257 e. The van der Waals surface area contributed by atoms with Gasteiger partial charge in [-0.3, -0.25) is 4.79 Å². The normalized spacial score (nSPS) is 9.56. The van der Waals surface area contributed by atoms with Crippen LogP contribution in [0.25, 0.3) is 0 Å². The molecule has 0 bridgehead atoms. The molecule has 1 aromatic rings. The number of hydrogen-bond donors (Lipinski definition) is 2. The van der Waals surface area contributed by atoms with Crippen LogP contribution in [0.2, 0.25) is 0 Å². The lowest BCUT2D eigenvalue weighted by Crippen LogP contribution is -2.29. The van der Waals surface area contributed by atoms with E-state index in [2.05, 4.69) is 5.32 Å². The molecular formula is C13H16N2O3. The monoisotopic (exact) mass is 248 g/mol. The number of para-hydroxylation sites is 1. The summed E-state index contributed by atoms with van der Waals surface area (Å²) in [7, 11) is 0. The summed E-state index contributed by atoms with van der Waals surface area (Å²) in [6, 6.07) is 8.76. The second-order valence-electron chi connectivity index (χ2n) is 3.68. The molecule has 96 valence electrons. The number of benzene rings is 1. The summed E-state index contributed by atoms with van der Waals surface area (Å²) in [5.41, 5.74) is 0.408. The van der Waals surface area contributed by atoms with Gasteiger partial charge in [-0.05, 0) is 25.0 Å². The summed E-state index contributed by atoms with van der Waals surface area (Å²) in [6.07, 6.45) is 1.40. The van der Waals surface area contributed by atoms with Gasteiger partial charge in [0.05, 0.1) is 5.56 Å². The number of ether oxygens (including phenoxy) is 1. The van der Waals surface area contributed by atoms with E-state index in [-0.39, 0.29) is 19.1 Å². The van der Waals surface area contributed by atoms with Crippen LogP contribution in [0.5, 0.6) is 5.75 Å². The van der Waals surface area contributed by atoms with E-state index in [0.29, 0.717) is 24.3 Å². The number of unbranched alkanes of at least 4 members (excludes halogenated alkanes) is 1. The van der Waals surface area contributed by atoms with Gasteiger partial charge < -0.3 is 15.2 Å². The van der Waals surface area contributed by atoms with Crippen molar-refractivity contribution < 1.29 is 14.6 Å². The second kappa shape index (κ2) is 8.09. The lowest BCUT2D eigenvalue weighted by atomic mass is 10.2. The molecule has 0 aliphatic carbocycles. The summed E-state index contributed by atoms with van der Waals surface area (Å²) < 4.78 is 5.26. The van der Waals surface area contributed by atoms with Crippen molar-refractivity contribution in [1.29, 1.82) is 5.26 Å². The number of nitriles is 1. The van der Waals surface area contributed by atoms with Crippen molar-refractivity contribution in [3.05, 3.63) is 29.8 Å². The topological polar surface area (TPSA) is 82.3 Å². The van der Waals surface area contributed by atoms with Crippen LogP contribution in [-0.4, -0.2) is 30.8 Å². The Kier molecular flexibility index (Phi) is 6.30. The fourth-order valence-electron chi connectivity index (χ4n) is 1.34. The number of nitrogens with zero attached hydrogens (tertiary/aromatic N) is 1. The number of aliphatic hydroxyl groups is 1. The molecule has 18 heavy (non-hydrogen) atoms. The number of aliphatic hydroxyl groups excluding tert-OH is 1. The molecule has 2 N–H and O–H groups in total. The number of carbonyl (C=O) groups excluding carboxylic acids is 1. The molecule has 0 saturated heterocycles. The molecule has 0 spiro atoms. The lowest BCUT2D eigenvalue weighted by molar-refractivity contribution is -0.123. The van der Waals surface area contributed by atoms with E-state index < -0.39 is 0 Å². The summed E-state index contributed by atoms with van der Waals surface area (Å²) in [5.74, 6) is 0.172. The minimum absolute atomic E-state index is 0.113. The molecule has 0 aliphatic rings. The van der Waals surface area contributed by atoms with Crippen molar-refractivity contribution in [1.82, 2.24) is 5.32 Å². The van der Waals surface area contributed by atoms with Crippen molar-refractivity contribution >= 4 is 5.91 Å². The Hall–Kier alpha value is -2.06. The summed E-state index contributed by atoms with van der Waals surface area (Å²) in [6.45, 7) is 0.530. The molecule has 0 saturated carbocycles. The molecule has 0 unspecified atom stereocenters. The first-order valence-corrected chi connectivity index (χ1v) is 5.77. The van der Waals surface area contributed by atoms with Crippen LogP contribution in [0.3, 0.4) is 0 Å². The number of rotatable bonds is 7. The molecule has 5 heteroatoms. The Morgan fingerprint density at radius 2 is 2.17 bits per heavy atom. The van der Waals surface area contributed by atoms with Gasteiger partial charge >= 0.3 is 0 Å². The number of nitrogens with one attached hydrogen (secondary N) is 1. The maximum Gasteiger partial charge on any atom is 0.257 e. The highest BCUT2D eigenvalue weighted by Crippen LogP contribution is 2.15. The van der Waals surface area contributed by atoms with E-state index in [1.54, 1.807) is 24.3 Å². The molecule has 1 rings (SSSR count). The molecule has 0 heterocycles. The average Bonchev–Trinajstić information content (AvgIpc) is 2.41. The number of hydrogen-bond acceptors (Lipinski definition) is 4. The highest BCUT2D eigenvalue weighted by molar-refractivity contribution is 5.77. The SMILES string of the molecule is N#Cc1ccccc1OCC(=O)NCCCCO. The van der Waals surface area contributed by atoms with Gasteiger partial charge in [-0.2, -0.15) is 5.26 Å². The molecule has 0 aliphatic heterocycles. The Morgan fingerprint density at radius 3 is 2.89 bits per heavy atom.